The van der Waals surface area contributed by atoms with Crippen LogP contribution in [0.4, 0.5) is 0 Å². The van der Waals surface area contributed by atoms with Crippen LogP contribution >= 0.6 is 15.9 Å². The van der Waals surface area contributed by atoms with Gasteiger partial charge in [0.05, 0.1) is 23.2 Å². The van der Waals surface area contributed by atoms with Gasteiger partial charge in [-0.15, -0.1) is 0 Å². The summed E-state index contributed by atoms with van der Waals surface area (Å²) in [5, 5.41) is 12.2. The SMILES string of the molecule is CCOc1cc(/C=C(/C#N)c2nc3ccc(C)cc3[nH]2)c(Br)cc1OCc1cccc2ccccc12. The van der Waals surface area contributed by atoms with E-state index < -0.39 is 0 Å². The number of aromatic nitrogens is 2. The third kappa shape index (κ3) is 4.84. The monoisotopic (exact) mass is 537 g/mol. The maximum absolute atomic E-state index is 9.89. The molecule has 6 heteroatoms. The van der Waals surface area contributed by atoms with Gasteiger partial charge in [0, 0.05) is 4.47 Å². The average molecular weight is 538 g/mol. The van der Waals surface area contributed by atoms with Crippen molar-refractivity contribution in [2.24, 2.45) is 0 Å². The van der Waals surface area contributed by atoms with E-state index >= 15 is 0 Å². The van der Waals surface area contributed by atoms with Gasteiger partial charge >= 0.3 is 0 Å². The molecule has 5 nitrogen and oxygen atoms in total. The molecule has 0 aliphatic heterocycles. The Morgan fingerprint density at radius 1 is 1.03 bits per heavy atom. The lowest BCUT2D eigenvalue weighted by atomic mass is 10.1. The largest absolute Gasteiger partial charge is 0.490 e. The molecule has 0 saturated carbocycles. The van der Waals surface area contributed by atoms with Crippen LogP contribution in [0.15, 0.2) is 77.3 Å². The van der Waals surface area contributed by atoms with Crippen LogP contribution in [-0.4, -0.2) is 16.6 Å². The summed E-state index contributed by atoms with van der Waals surface area (Å²) in [4.78, 5) is 7.86. The van der Waals surface area contributed by atoms with Crippen LogP contribution in [0.5, 0.6) is 11.5 Å². The number of halogens is 1. The van der Waals surface area contributed by atoms with E-state index in [4.69, 9.17) is 9.47 Å². The number of ether oxygens (including phenoxy) is 2. The number of imidazole rings is 1. The number of aryl methyl sites for hydroxylation is 1. The second kappa shape index (κ2) is 10.3. The molecule has 0 unspecified atom stereocenters. The van der Waals surface area contributed by atoms with E-state index in [1.807, 2.05) is 62.4 Å². The zero-order valence-electron chi connectivity index (χ0n) is 20.0. The van der Waals surface area contributed by atoms with Gasteiger partial charge in [0.15, 0.2) is 11.5 Å². The Morgan fingerprint density at radius 3 is 2.67 bits per heavy atom. The lowest BCUT2D eigenvalue weighted by Gasteiger charge is -2.15. The van der Waals surface area contributed by atoms with E-state index in [9.17, 15) is 5.26 Å². The van der Waals surface area contributed by atoms with Gasteiger partial charge in [-0.05, 0) is 71.7 Å². The molecule has 0 amide bonds. The van der Waals surface area contributed by atoms with Gasteiger partial charge in [0.1, 0.15) is 18.5 Å². The van der Waals surface area contributed by atoms with Crippen molar-refractivity contribution in [1.29, 1.82) is 5.26 Å². The fraction of sp³-hybridized carbons (Fsp3) is 0.133. The van der Waals surface area contributed by atoms with Gasteiger partial charge in [0.25, 0.3) is 0 Å². The summed E-state index contributed by atoms with van der Waals surface area (Å²) < 4.78 is 12.9. The quantitative estimate of drug-likeness (QED) is 0.215. The molecule has 1 N–H and O–H groups in total. The van der Waals surface area contributed by atoms with Crippen LogP contribution in [0.1, 0.15) is 29.4 Å². The van der Waals surface area contributed by atoms with Gasteiger partial charge in [-0.3, -0.25) is 0 Å². The summed E-state index contributed by atoms with van der Waals surface area (Å²) in [5.74, 6) is 1.77. The van der Waals surface area contributed by atoms with Crippen molar-refractivity contribution in [1.82, 2.24) is 9.97 Å². The van der Waals surface area contributed by atoms with Crippen molar-refractivity contribution in [2.45, 2.75) is 20.5 Å². The Kier molecular flexibility index (Phi) is 6.75. The minimum absolute atomic E-state index is 0.408. The third-order valence-electron chi connectivity index (χ3n) is 5.94. The average Bonchev–Trinajstić information content (AvgIpc) is 3.31. The van der Waals surface area contributed by atoms with Gasteiger partial charge in [-0.1, -0.05) is 64.5 Å². The number of H-pyrrole nitrogens is 1. The molecule has 0 aliphatic carbocycles. The molecular weight excluding hydrogens is 514 g/mol. The summed E-state index contributed by atoms with van der Waals surface area (Å²) in [6, 6.07) is 26.5. The van der Waals surface area contributed by atoms with Crippen LogP contribution in [0.2, 0.25) is 0 Å². The van der Waals surface area contributed by atoms with E-state index in [1.54, 1.807) is 6.08 Å². The molecule has 4 aromatic carbocycles. The predicted octanol–water partition coefficient (Wildman–Crippen LogP) is 7.83. The zero-order valence-corrected chi connectivity index (χ0v) is 21.6. The first-order valence-corrected chi connectivity index (χ1v) is 12.5. The number of nitriles is 1. The fourth-order valence-electron chi connectivity index (χ4n) is 4.18. The van der Waals surface area contributed by atoms with Gasteiger partial charge in [-0.2, -0.15) is 5.26 Å². The molecule has 5 rings (SSSR count). The number of nitrogens with one attached hydrogen (secondary N) is 1. The Bertz CT molecular complexity index is 1640. The zero-order chi connectivity index (χ0) is 25.1. The minimum atomic E-state index is 0.408. The molecule has 178 valence electrons. The normalized spacial score (nSPS) is 11.6. The first kappa shape index (κ1) is 23.7. The van der Waals surface area contributed by atoms with Crippen molar-refractivity contribution in [3.05, 3.63) is 99.8 Å². The van der Waals surface area contributed by atoms with Crippen molar-refractivity contribution in [3.8, 4) is 17.6 Å². The maximum atomic E-state index is 9.89. The highest BCUT2D eigenvalue weighted by Gasteiger charge is 2.14. The van der Waals surface area contributed by atoms with Crippen LogP contribution in [0, 0.1) is 18.3 Å². The molecular formula is C30H24BrN3O2. The van der Waals surface area contributed by atoms with E-state index in [0.717, 1.165) is 37.6 Å². The van der Waals surface area contributed by atoms with Crippen LogP contribution in [0.25, 0.3) is 33.5 Å². The highest BCUT2D eigenvalue weighted by Crippen LogP contribution is 2.36. The number of allylic oxidation sites excluding steroid dienone is 1. The lowest BCUT2D eigenvalue weighted by Crippen LogP contribution is -2.01. The molecule has 0 bridgehead atoms. The number of rotatable bonds is 7. The molecule has 0 aliphatic rings. The standard InChI is InChI=1S/C30H24BrN3O2/c1-3-35-28-15-22(14-23(17-32)30-33-26-12-11-19(2)13-27(26)34-30)25(31)16-29(28)36-18-21-9-6-8-20-7-4-5-10-24(20)21/h4-16H,3,18H2,1-2H3,(H,33,34)/b23-14-. The lowest BCUT2D eigenvalue weighted by molar-refractivity contribution is 0.270. The summed E-state index contributed by atoms with van der Waals surface area (Å²) in [6.07, 6.45) is 1.80. The molecule has 0 saturated heterocycles. The minimum Gasteiger partial charge on any atom is -0.490 e. The molecule has 0 radical (unpaired) electrons. The summed E-state index contributed by atoms with van der Waals surface area (Å²) in [6.45, 7) is 4.86. The van der Waals surface area contributed by atoms with Gasteiger partial charge in [-0.25, -0.2) is 4.98 Å². The Labute approximate surface area is 218 Å². The maximum Gasteiger partial charge on any atom is 0.162 e. The molecule has 36 heavy (non-hydrogen) atoms. The van der Waals surface area contributed by atoms with Crippen LogP contribution in [-0.2, 0) is 6.61 Å². The number of nitrogens with zero attached hydrogens (tertiary/aromatic N) is 2. The van der Waals surface area contributed by atoms with Crippen molar-refractivity contribution in [3.63, 3.8) is 0 Å². The fourth-order valence-corrected chi connectivity index (χ4v) is 4.61. The first-order valence-electron chi connectivity index (χ1n) is 11.7. The number of hydrogen-bond donors (Lipinski definition) is 1. The Hall–Kier alpha value is -4.08. The first-order chi connectivity index (χ1) is 17.6. The van der Waals surface area contributed by atoms with E-state index in [-0.39, 0.29) is 0 Å². The molecule has 1 heterocycles. The van der Waals surface area contributed by atoms with E-state index in [0.29, 0.717) is 36.1 Å². The smallest absolute Gasteiger partial charge is 0.162 e. The van der Waals surface area contributed by atoms with Crippen LogP contribution < -0.4 is 9.47 Å². The van der Waals surface area contributed by atoms with Crippen LogP contribution in [0.3, 0.4) is 0 Å². The summed E-state index contributed by atoms with van der Waals surface area (Å²) in [5.41, 5.74) is 5.17. The molecule has 0 atom stereocenters. The summed E-state index contributed by atoms with van der Waals surface area (Å²) >= 11 is 3.65. The summed E-state index contributed by atoms with van der Waals surface area (Å²) in [7, 11) is 0. The predicted molar refractivity (Wildman–Crippen MR) is 148 cm³/mol. The number of aromatic amines is 1. The number of benzene rings is 4. The molecule has 0 spiro atoms. The van der Waals surface area contributed by atoms with E-state index in [1.165, 1.54) is 5.39 Å². The Balaban J connectivity index is 1.47. The second-order valence-corrected chi connectivity index (χ2v) is 9.31. The van der Waals surface area contributed by atoms with Gasteiger partial charge < -0.3 is 14.5 Å². The van der Waals surface area contributed by atoms with Crippen molar-refractivity contribution >= 4 is 49.4 Å². The highest BCUT2D eigenvalue weighted by atomic mass is 79.9. The van der Waals surface area contributed by atoms with Gasteiger partial charge in [0.2, 0.25) is 0 Å². The van der Waals surface area contributed by atoms with Crippen molar-refractivity contribution in [2.75, 3.05) is 6.61 Å². The molecule has 0 fully saturated rings. The molecule has 1 aromatic heterocycles. The highest BCUT2D eigenvalue weighted by molar-refractivity contribution is 9.10. The van der Waals surface area contributed by atoms with Crippen molar-refractivity contribution < 1.29 is 9.47 Å². The number of fused-ring (bicyclic) bond motifs is 2. The third-order valence-corrected chi connectivity index (χ3v) is 6.63. The topological polar surface area (TPSA) is 70.9 Å². The second-order valence-electron chi connectivity index (χ2n) is 8.46. The number of hydrogen-bond acceptors (Lipinski definition) is 4. The molecule has 5 aromatic rings. The Morgan fingerprint density at radius 2 is 1.83 bits per heavy atom. The van der Waals surface area contributed by atoms with E-state index in [2.05, 4.69) is 56.2 Å².